The van der Waals surface area contributed by atoms with Crippen molar-refractivity contribution < 1.29 is 4.79 Å². The van der Waals surface area contributed by atoms with Gasteiger partial charge in [-0.1, -0.05) is 42.5 Å². The van der Waals surface area contributed by atoms with Crippen LogP contribution in [0, 0.1) is 6.92 Å². The van der Waals surface area contributed by atoms with E-state index in [2.05, 4.69) is 49.9 Å². The minimum Gasteiger partial charge on any atom is -0.350 e. The lowest BCUT2D eigenvalue weighted by Crippen LogP contribution is -2.35. The van der Waals surface area contributed by atoms with Crippen LogP contribution in [0.4, 0.5) is 0 Å². The van der Waals surface area contributed by atoms with Gasteiger partial charge >= 0.3 is 0 Å². The molecule has 3 rings (SSSR count). The molecule has 1 heterocycles. The average molecular weight is 350 g/mol. The molecule has 0 bridgehead atoms. The van der Waals surface area contributed by atoms with E-state index in [4.69, 9.17) is 0 Å². The number of H-pyrrole nitrogens is 1. The summed E-state index contributed by atoms with van der Waals surface area (Å²) < 4.78 is 0. The van der Waals surface area contributed by atoms with E-state index in [0.29, 0.717) is 23.5 Å². The van der Waals surface area contributed by atoms with Crippen LogP contribution in [0.15, 0.2) is 48.5 Å². The number of nitrogens with one attached hydrogen (secondary N) is 2. The molecule has 2 aromatic carbocycles. The number of hydrogen-bond acceptors (Lipinski definition) is 5. The summed E-state index contributed by atoms with van der Waals surface area (Å²) in [6.07, 6.45) is 0. The van der Waals surface area contributed by atoms with Crippen molar-refractivity contribution in [2.45, 2.75) is 13.0 Å². The topological polar surface area (TPSA) is 86.8 Å². The molecule has 0 radical (unpaired) electrons. The summed E-state index contributed by atoms with van der Waals surface area (Å²) in [6.45, 7) is 2.58. The van der Waals surface area contributed by atoms with Gasteiger partial charge in [0.1, 0.15) is 0 Å². The zero-order valence-corrected chi connectivity index (χ0v) is 15.1. The monoisotopic (exact) mass is 350 g/mol. The van der Waals surface area contributed by atoms with E-state index < -0.39 is 0 Å². The molecule has 0 saturated carbocycles. The first kappa shape index (κ1) is 17.8. The molecule has 2 N–H and O–H groups in total. The van der Waals surface area contributed by atoms with Crippen LogP contribution in [0.25, 0.3) is 11.4 Å². The minimum atomic E-state index is -0.161. The quantitative estimate of drug-likeness (QED) is 0.712. The van der Waals surface area contributed by atoms with Crippen molar-refractivity contribution in [3.8, 4) is 11.4 Å². The molecule has 1 unspecified atom stereocenters. The van der Waals surface area contributed by atoms with E-state index in [1.165, 1.54) is 11.1 Å². The molecule has 0 fully saturated rings. The summed E-state index contributed by atoms with van der Waals surface area (Å²) in [5, 5.41) is 17.0. The van der Waals surface area contributed by atoms with Crippen LogP contribution in [0.1, 0.15) is 27.5 Å². The number of rotatable bonds is 6. The molecule has 1 amide bonds. The van der Waals surface area contributed by atoms with Gasteiger partial charge < -0.3 is 10.2 Å². The van der Waals surface area contributed by atoms with Crippen LogP contribution in [0.5, 0.6) is 0 Å². The molecule has 1 atom stereocenters. The third kappa shape index (κ3) is 3.78. The molecule has 7 nitrogen and oxygen atoms in total. The fourth-order valence-electron chi connectivity index (χ4n) is 2.97. The predicted molar refractivity (Wildman–Crippen MR) is 99.6 cm³/mol. The highest BCUT2D eigenvalue weighted by Gasteiger charge is 2.19. The maximum Gasteiger partial charge on any atom is 0.252 e. The SMILES string of the molecule is Cc1ccccc1C(CNC(=O)c1ccccc1-c1nn[nH]n1)N(C)C. The zero-order valence-electron chi connectivity index (χ0n) is 15.1. The number of hydrogen-bond donors (Lipinski definition) is 2. The fraction of sp³-hybridized carbons (Fsp3) is 0.263. The number of likely N-dealkylation sites (N-methyl/N-ethyl adjacent to an activating group) is 1. The Balaban J connectivity index is 1.79. The normalized spacial score (nSPS) is 12.2. The summed E-state index contributed by atoms with van der Waals surface area (Å²) >= 11 is 0. The van der Waals surface area contributed by atoms with E-state index in [1.54, 1.807) is 6.07 Å². The molecular formula is C19H22N6O. The van der Waals surface area contributed by atoms with Gasteiger partial charge in [0, 0.05) is 12.1 Å². The molecule has 26 heavy (non-hydrogen) atoms. The number of carbonyl (C=O) groups is 1. The van der Waals surface area contributed by atoms with Crippen LogP contribution < -0.4 is 5.32 Å². The highest BCUT2D eigenvalue weighted by atomic mass is 16.1. The zero-order chi connectivity index (χ0) is 18.5. The van der Waals surface area contributed by atoms with Crippen LogP contribution in [0.3, 0.4) is 0 Å². The van der Waals surface area contributed by atoms with E-state index in [0.717, 1.165) is 0 Å². The highest BCUT2D eigenvalue weighted by Crippen LogP contribution is 2.22. The Morgan fingerprint density at radius 3 is 2.58 bits per heavy atom. The van der Waals surface area contributed by atoms with Gasteiger partial charge in [-0.25, -0.2) is 0 Å². The van der Waals surface area contributed by atoms with Gasteiger partial charge in [-0.15, -0.1) is 10.2 Å². The standard InChI is InChI=1S/C19H22N6O/c1-13-8-4-5-9-14(13)17(25(2)3)12-20-19(26)16-11-7-6-10-15(16)18-21-23-24-22-18/h4-11,17H,12H2,1-3H3,(H,20,26)(H,21,22,23,24). The number of tetrazole rings is 1. The van der Waals surface area contributed by atoms with Crippen molar-refractivity contribution in [1.29, 1.82) is 0 Å². The van der Waals surface area contributed by atoms with Crippen molar-refractivity contribution in [1.82, 2.24) is 30.8 Å². The Labute approximate surface area is 152 Å². The second-order valence-electron chi connectivity index (χ2n) is 6.33. The third-order valence-electron chi connectivity index (χ3n) is 4.38. The number of aryl methyl sites for hydroxylation is 1. The molecule has 0 aliphatic carbocycles. The van der Waals surface area contributed by atoms with Crippen LogP contribution in [-0.4, -0.2) is 52.1 Å². The Hall–Kier alpha value is -3.06. The average Bonchev–Trinajstić information content (AvgIpc) is 3.17. The largest absolute Gasteiger partial charge is 0.350 e. The van der Waals surface area contributed by atoms with Crippen molar-refractivity contribution in [3.63, 3.8) is 0 Å². The van der Waals surface area contributed by atoms with Gasteiger partial charge in [0.25, 0.3) is 5.91 Å². The number of aromatic amines is 1. The van der Waals surface area contributed by atoms with Gasteiger partial charge in [-0.2, -0.15) is 5.21 Å². The summed E-state index contributed by atoms with van der Waals surface area (Å²) in [5.74, 6) is 0.240. The molecule has 7 heteroatoms. The maximum atomic E-state index is 12.8. The summed E-state index contributed by atoms with van der Waals surface area (Å²) in [5.41, 5.74) is 3.57. The molecule has 0 aliphatic rings. The number of benzene rings is 2. The van der Waals surface area contributed by atoms with E-state index in [9.17, 15) is 4.79 Å². The Morgan fingerprint density at radius 1 is 1.15 bits per heavy atom. The first-order chi connectivity index (χ1) is 12.6. The minimum absolute atomic E-state index is 0.0810. The Bertz CT molecular complexity index is 875. The summed E-state index contributed by atoms with van der Waals surface area (Å²) in [6, 6.07) is 15.5. The Kier molecular flexibility index (Phi) is 5.38. The molecule has 0 spiro atoms. The lowest BCUT2D eigenvalue weighted by Gasteiger charge is -2.26. The van der Waals surface area contributed by atoms with Crippen molar-refractivity contribution >= 4 is 5.91 Å². The summed E-state index contributed by atoms with van der Waals surface area (Å²) in [4.78, 5) is 14.9. The van der Waals surface area contributed by atoms with E-state index in [1.807, 2.05) is 44.4 Å². The van der Waals surface area contributed by atoms with Gasteiger partial charge in [0.2, 0.25) is 5.82 Å². The highest BCUT2D eigenvalue weighted by molar-refractivity contribution is 6.00. The number of amides is 1. The molecule has 0 saturated heterocycles. The number of nitrogens with zero attached hydrogens (tertiary/aromatic N) is 4. The first-order valence-electron chi connectivity index (χ1n) is 8.41. The lowest BCUT2D eigenvalue weighted by molar-refractivity contribution is 0.0942. The molecule has 0 aliphatic heterocycles. The van der Waals surface area contributed by atoms with Gasteiger partial charge in [0.15, 0.2) is 0 Å². The predicted octanol–water partition coefficient (Wildman–Crippen LogP) is 2.21. The third-order valence-corrected chi connectivity index (χ3v) is 4.38. The van der Waals surface area contributed by atoms with Crippen LogP contribution in [-0.2, 0) is 0 Å². The molecule has 1 aromatic heterocycles. The van der Waals surface area contributed by atoms with Gasteiger partial charge in [0.05, 0.1) is 11.6 Å². The van der Waals surface area contributed by atoms with E-state index in [-0.39, 0.29) is 11.9 Å². The fourth-order valence-corrected chi connectivity index (χ4v) is 2.97. The van der Waals surface area contributed by atoms with Crippen molar-refractivity contribution in [2.75, 3.05) is 20.6 Å². The van der Waals surface area contributed by atoms with Crippen LogP contribution in [0.2, 0.25) is 0 Å². The Morgan fingerprint density at radius 2 is 1.88 bits per heavy atom. The van der Waals surface area contributed by atoms with E-state index >= 15 is 0 Å². The smallest absolute Gasteiger partial charge is 0.252 e. The molecule has 3 aromatic rings. The molecule has 134 valence electrons. The summed E-state index contributed by atoms with van der Waals surface area (Å²) in [7, 11) is 4.02. The van der Waals surface area contributed by atoms with Gasteiger partial charge in [-0.05, 0) is 43.4 Å². The number of carbonyl (C=O) groups excluding carboxylic acids is 1. The second kappa shape index (κ2) is 7.88. The van der Waals surface area contributed by atoms with Crippen molar-refractivity contribution in [2.24, 2.45) is 0 Å². The molecular weight excluding hydrogens is 328 g/mol. The van der Waals surface area contributed by atoms with Gasteiger partial charge in [-0.3, -0.25) is 4.79 Å². The van der Waals surface area contributed by atoms with Crippen molar-refractivity contribution in [3.05, 3.63) is 65.2 Å². The van der Waals surface area contributed by atoms with Crippen LogP contribution >= 0.6 is 0 Å². The lowest BCUT2D eigenvalue weighted by atomic mass is 10.00. The second-order valence-corrected chi connectivity index (χ2v) is 6.33. The number of aromatic nitrogens is 4. The maximum absolute atomic E-state index is 12.8. The first-order valence-corrected chi connectivity index (χ1v) is 8.41.